The first kappa shape index (κ1) is 24.9. The van der Waals surface area contributed by atoms with E-state index in [0.29, 0.717) is 42.6 Å². The minimum atomic E-state index is -0.635. The Kier molecular flexibility index (Phi) is 7.79. The molecular formula is C30H41NO3. The highest BCUT2D eigenvalue weighted by molar-refractivity contribution is 5.94. The van der Waals surface area contributed by atoms with E-state index in [1.807, 2.05) is 30.3 Å². The lowest BCUT2D eigenvalue weighted by atomic mass is 9.61. The molecule has 1 aromatic rings. The summed E-state index contributed by atoms with van der Waals surface area (Å²) in [6.45, 7) is 9.63. The van der Waals surface area contributed by atoms with Crippen LogP contribution in [0.15, 0.2) is 65.8 Å². The third-order valence-corrected chi connectivity index (χ3v) is 8.91. The fourth-order valence-electron chi connectivity index (χ4n) is 6.99. The van der Waals surface area contributed by atoms with Crippen LogP contribution in [0.2, 0.25) is 0 Å². The van der Waals surface area contributed by atoms with Crippen molar-refractivity contribution in [1.82, 2.24) is 5.32 Å². The van der Waals surface area contributed by atoms with E-state index in [1.165, 1.54) is 31.3 Å². The van der Waals surface area contributed by atoms with E-state index in [2.05, 4.69) is 37.9 Å². The summed E-state index contributed by atoms with van der Waals surface area (Å²) in [5, 5.41) is 23.3. The number of amides is 1. The lowest BCUT2D eigenvalue weighted by Gasteiger charge is -2.44. The van der Waals surface area contributed by atoms with Crippen molar-refractivity contribution in [3.8, 4) is 0 Å². The minimum absolute atomic E-state index is 0.0128. The van der Waals surface area contributed by atoms with Crippen LogP contribution in [0.3, 0.4) is 0 Å². The van der Waals surface area contributed by atoms with Crippen LogP contribution < -0.4 is 5.32 Å². The number of hydrogen-bond donors (Lipinski definition) is 3. The number of carbonyl (C=O) groups excluding carboxylic acids is 1. The Morgan fingerprint density at radius 3 is 2.76 bits per heavy atom. The number of hydrogen-bond acceptors (Lipinski definition) is 3. The standard InChI is InChI=1S/C30H41NO3/c1-20(15-17-31-29(34)23-8-5-4-6-9-23)26-13-14-27-22(10-7-16-30(26,27)3)11-12-24-18-25(32)19-28(33)21(24)2/h4-6,8-9,11-12,20,25-28,32-33H,2,7,10,13-19H2,1,3H3,(H,31,34)/b22-11+,24-12-/t20-,25-,26?,27?,28+,30-/m1/s1. The van der Waals surface area contributed by atoms with Crippen molar-refractivity contribution in [2.45, 2.75) is 77.4 Å². The maximum absolute atomic E-state index is 12.4. The molecule has 0 bridgehead atoms. The van der Waals surface area contributed by atoms with Gasteiger partial charge in [-0.25, -0.2) is 0 Å². The number of aliphatic hydroxyl groups excluding tert-OH is 2. The lowest BCUT2D eigenvalue weighted by Crippen LogP contribution is -2.37. The number of carbonyl (C=O) groups is 1. The van der Waals surface area contributed by atoms with Crippen LogP contribution in [0.5, 0.6) is 0 Å². The number of nitrogens with one attached hydrogen (secondary N) is 1. The van der Waals surface area contributed by atoms with E-state index >= 15 is 0 Å². The zero-order valence-electron chi connectivity index (χ0n) is 20.8. The second-order valence-electron chi connectivity index (χ2n) is 11.1. The van der Waals surface area contributed by atoms with Crippen LogP contribution in [-0.4, -0.2) is 34.9 Å². The topological polar surface area (TPSA) is 69.6 Å². The highest BCUT2D eigenvalue weighted by atomic mass is 16.3. The van der Waals surface area contributed by atoms with Crippen LogP contribution in [0, 0.1) is 23.2 Å². The van der Waals surface area contributed by atoms with E-state index in [9.17, 15) is 15.0 Å². The zero-order chi connectivity index (χ0) is 24.3. The van der Waals surface area contributed by atoms with E-state index in [0.717, 1.165) is 29.6 Å². The number of rotatable bonds is 6. The van der Waals surface area contributed by atoms with Crippen molar-refractivity contribution in [1.29, 1.82) is 0 Å². The molecule has 0 saturated heterocycles. The predicted molar refractivity (Wildman–Crippen MR) is 137 cm³/mol. The molecule has 0 aromatic heterocycles. The minimum Gasteiger partial charge on any atom is -0.393 e. The van der Waals surface area contributed by atoms with E-state index < -0.39 is 12.2 Å². The van der Waals surface area contributed by atoms with E-state index in [1.54, 1.807) is 0 Å². The molecule has 2 unspecified atom stereocenters. The summed E-state index contributed by atoms with van der Waals surface area (Å²) in [6, 6.07) is 9.44. The first-order valence-corrected chi connectivity index (χ1v) is 13.1. The summed E-state index contributed by atoms with van der Waals surface area (Å²) in [5.74, 6) is 1.83. The third kappa shape index (κ3) is 5.23. The van der Waals surface area contributed by atoms with Crippen molar-refractivity contribution in [3.63, 3.8) is 0 Å². The van der Waals surface area contributed by atoms with Crippen LogP contribution >= 0.6 is 0 Å². The molecule has 3 aliphatic rings. The van der Waals surface area contributed by atoms with Crippen LogP contribution in [0.25, 0.3) is 0 Å². The van der Waals surface area contributed by atoms with Crippen molar-refractivity contribution >= 4 is 5.91 Å². The molecule has 4 rings (SSSR count). The molecule has 3 fully saturated rings. The molecule has 3 N–H and O–H groups in total. The molecule has 0 heterocycles. The monoisotopic (exact) mass is 463 g/mol. The summed E-state index contributed by atoms with van der Waals surface area (Å²) in [6.07, 6.45) is 11.3. The Hall–Kier alpha value is -2.17. The normalized spacial score (nSPS) is 34.8. The molecule has 3 aliphatic carbocycles. The van der Waals surface area contributed by atoms with Gasteiger partial charge in [0.25, 0.3) is 5.91 Å². The van der Waals surface area contributed by atoms with Gasteiger partial charge in [-0.3, -0.25) is 4.79 Å². The Morgan fingerprint density at radius 1 is 1.24 bits per heavy atom. The molecule has 3 saturated carbocycles. The highest BCUT2D eigenvalue weighted by Gasteiger charge is 2.50. The molecule has 4 heteroatoms. The Bertz CT molecular complexity index is 949. The van der Waals surface area contributed by atoms with Gasteiger partial charge in [-0.05, 0) is 91.4 Å². The van der Waals surface area contributed by atoms with Crippen LogP contribution in [0.1, 0.15) is 75.6 Å². The molecule has 4 nitrogen and oxygen atoms in total. The average molecular weight is 464 g/mol. The smallest absolute Gasteiger partial charge is 0.251 e. The van der Waals surface area contributed by atoms with Crippen LogP contribution in [0.4, 0.5) is 0 Å². The Labute approximate surface area is 204 Å². The number of aliphatic hydroxyl groups is 2. The quantitative estimate of drug-likeness (QED) is 0.515. The molecule has 0 aliphatic heterocycles. The highest BCUT2D eigenvalue weighted by Crippen LogP contribution is 2.59. The number of benzene rings is 1. The molecule has 184 valence electrons. The fraction of sp³-hybridized carbons (Fsp3) is 0.567. The second kappa shape index (κ2) is 10.6. The summed E-state index contributed by atoms with van der Waals surface area (Å²) < 4.78 is 0. The van der Waals surface area contributed by atoms with Crippen molar-refractivity contribution in [3.05, 3.63) is 71.3 Å². The van der Waals surface area contributed by atoms with Gasteiger partial charge >= 0.3 is 0 Å². The summed E-state index contributed by atoms with van der Waals surface area (Å²) in [5.41, 5.74) is 4.29. The van der Waals surface area contributed by atoms with Gasteiger partial charge in [0.05, 0.1) is 12.2 Å². The molecular weight excluding hydrogens is 422 g/mol. The SMILES string of the molecule is C=C1/C(=C\C=C2/CCC[C@@]3(C)C2CCC3[C@H](C)CCNC(=O)c2ccccc2)C[C@@H](O)C[C@@H]1O. The van der Waals surface area contributed by atoms with Gasteiger partial charge in [0.1, 0.15) is 0 Å². The molecule has 1 aromatic carbocycles. The van der Waals surface area contributed by atoms with Crippen molar-refractivity contribution < 1.29 is 15.0 Å². The van der Waals surface area contributed by atoms with Gasteiger partial charge in [0, 0.05) is 18.5 Å². The van der Waals surface area contributed by atoms with Crippen molar-refractivity contribution in [2.24, 2.45) is 23.2 Å². The van der Waals surface area contributed by atoms with Crippen molar-refractivity contribution in [2.75, 3.05) is 6.54 Å². The summed E-state index contributed by atoms with van der Waals surface area (Å²) >= 11 is 0. The van der Waals surface area contributed by atoms with Gasteiger partial charge in [-0.15, -0.1) is 0 Å². The molecule has 0 spiro atoms. The first-order valence-electron chi connectivity index (χ1n) is 13.1. The average Bonchev–Trinajstić information content (AvgIpc) is 3.18. The summed E-state index contributed by atoms with van der Waals surface area (Å²) in [4.78, 5) is 12.4. The molecule has 0 radical (unpaired) electrons. The van der Waals surface area contributed by atoms with E-state index in [4.69, 9.17) is 0 Å². The molecule has 6 atom stereocenters. The van der Waals surface area contributed by atoms with Gasteiger partial charge in [0.15, 0.2) is 0 Å². The molecule has 1 amide bonds. The Balaban J connectivity index is 1.39. The largest absolute Gasteiger partial charge is 0.393 e. The maximum Gasteiger partial charge on any atom is 0.251 e. The fourth-order valence-corrected chi connectivity index (χ4v) is 6.99. The van der Waals surface area contributed by atoms with Crippen LogP contribution in [-0.2, 0) is 0 Å². The molecule has 34 heavy (non-hydrogen) atoms. The zero-order valence-corrected chi connectivity index (χ0v) is 20.8. The second-order valence-corrected chi connectivity index (χ2v) is 11.1. The van der Waals surface area contributed by atoms with Gasteiger partial charge in [-0.2, -0.15) is 0 Å². The predicted octanol–water partition coefficient (Wildman–Crippen LogP) is 5.58. The lowest BCUT2D eigenvalue weighted by molar-refractivity contribution is 0.0858. The number of allylic oxidation sites excluding steroid dienone is 3. The maximum atomic E-state index is 12.4. The van der Waals surface area contributed by atoms with Gasteiger partial charge in [0.2, 0.25) is 0 Å². The van der Waals surface area contributed by atoms with Gasteiger partial charge in [-0.1, -0.05) is 56.4 Å². The third-order valence-electron chi connectivity index (χ3n) is 8.91. The first-order chi connectivity index (χ1) is 16.3. The van der Waals surface area contributed by atoms with E-state index in [-0.39, 0.29) is 5.91 Å². The number of fused-ring (bicyclic) bond motifs is 1. The van der Waals surface area contributed by atoms with Gasteiger partial charge < -0.3 is 15.5 Å². The summed E-state index contributed by atoms with van der Waals surface area (Å²) in [7, 11) is 0. The Morgan fingerprint density at radius 2 is 2.00 bits per heavy atom.